The number of rotatable bonds is 4. The standard InChI is InChI=1S/C12H14FN/c1-3-4-5-9-14-11-8-6-7-10(2)12(11)13/h1,6-8,14H,4-5,9H2,2H3. The van der Waals surface area contributed by atoms with E-state index in [9.17, 15) is 4.39 Å². The summed E-state index contributed by atoms with van der Waals surface area (Å²) in [6, 6.07) is 5.32. The lowest BCUT2D eigenvalue weighted by Gasteiger charge is -2.07. The van der Waals surface area contributed by atoms with E-state index in [0.29, 0.717) is 17.8 Å². The van der Waals surface area contributed by atoms with Crippen LogP contribution in [0.4, 0.5) is 10.1 Å². The molecule has 0 amide bonds. The van der Waals surface area contributed by atoms with Gasteiger partial charge in [0.15, 0.2) is 0 Å². The van der Waals surface area contributed by atoms with Crippen LogP contribution in [-0.2, 0) is 0 Å². The summed E-state index contributed by atoms with van der Waals surface area (Å²) in [5.41, 5.74) is 1.22. The van der Waals surface area contributed by atoms with Crippen LogP contribution in [0.3, 0.4) is 0 Å². The number of aryl methyl sites for hydroxylation is 1. The maximum absolute atomic E-state index is 13.4. The van der Waals surface area contributed by atoms with Gasteiger partial charge in [-0.25, -0.2) is 4.39 Å². The molecule has 0 saturated carbocycles. The van der Waals surface area contributed by atoms with Gasteiger partial charge in [0, 0.05) is 13.0 Å². The Bertz CT molecular complexity index is 339. The van der Waals surface area contributed by atoms with E-state index in [1.165, 1.54) is 0 Å². The molecule has 74 valence electrons. The lowest BCUT2D eigenvalue weighted by atomic mass is 10.2. The average Bonchev–Trinajstić information content (AvgIpc) is 2.19. The number of unbranched alkanes of at least 4 members (excludes halogenated alkanes) is 1. The summed E-state index contributed by atoms with van der Waals surface area (Å²) in [5, 5.41) is 3.02. The zero-order valence-electron chi connectivity index (χ0n) is 8.31. The van der Waals surface area contributed by atoms with Crippen LogP contribution in [0.25, 0.3) is 0 Å². The van der Waals surface area contributed by atoms with E-state index in [1.54, 1.807) is 19.1 Å². The normalized spacial score (nSPS) is 9.50. The van der Waals surface area contributed by atoms with Crippen LogP contribution >= 0.6 is 0 Å². The van der Waals surface area contributed by atoms with Crippen molar-refractivity contribution in [3.63, 3.8) is 0 Å². The zero-order valence-corrected chi connectivity index (χ0v) is 8.31. The van der Waals surface area contributed by atoms with Gasteiger partial charge in [-0.05, 0) is 25.0 Å². The van der Waals surface area contributed by atoms with Gasteiger partial charge in [0.2, 0.25) is 0 Å². The number of terminal acetylenes is 1. The minimum absolute atomic E-state index is 0.173. The third kappa shape index (κ3) is 2.77. The maximum atomic E-state index is 13.4. The third-order valence-corrected chi connectivity index (χ3v) is 2.01. The molecule has 1 aromatic carbocycles. The molecular formula is C12H14FN. The first-order chi connectivity index (χ1) is 6.75. The van der Waals surface area contributed by atoms with Gasteiger partial charge in [-0.15, -0.1) is 12.3 Å². The Labute approximate surface area is 84.3 Å². The molecule has 1 rings (SSSR count). The van der Waals surface area contributed by atoms with Crippen LogP contribution in [0.1, 0.15) is 18.4 Å². The predicted octanol–water partition coefficient (Wildman–Crippen LogP) is 2.96. The molecule has 0 unspecified atom stereocenters. The van der Waals surface area contributed by atoms with Gasteiger partial charge >= 0.3 is 0 Å². The highest BCUT2D eigenvalue weighted by molar-refractivity contribution is 5.47. The second-order valence-electron chi connectivity index (χ2n) is 3.17. The first-order valence-corrected chi connectivity index (χ1v) is 4.68. The molecule has 2 heteroatoms. The van der Waals surface area contributed by atoms with Crippen LogP contribution in [0.15, 0.2) is 18.2 Å². The summed E-state index contributed by atoms with van der Waals surface area (Å²) in [7, 11) is 0. The predicted molar refractivity (Wildman–Crippen MR) is 57.7 cm³/mol. The van der Waals surface area contributed by atoms with Crippen LogP contribution in [0, 0.1) is 25.1 Å². The molecule has 0 aliphatic carbocycles. The first-order valence-electron chi connectivity index (χ1n) is 4.68. The van der Waals surface area contributed by atoms with Crippen molar-refractivity contribution in [2.75, 3.05) is 11.9 Å². The number of nitrogens with one attached hydrogen (secondary N) is 1. The highest BCUT2D eigenvalue weighted by atomic mass is 19.1. The molecule has 0 aromatic heterocycles. The van der Waals surface area contributed by atoms with Crippen LogP contribution < -0.4 is 5.32 Å². The van der Waals surface area contributed by atoms with Gasteiger partial charge in [-0.2, -0.15) is 0 Å². The van der Waals surface area contributed by atoms with E-state index < -0.39 is 0 Å². The fraction of sp³-hybridized carbons (Fsp3) is 0.333. The van der Waals surface area contributed by atoms with Crippen molar-refractivity contribution in [3.05, 3.63) is 29.6 Å². The second kappa shape index (κ2) is 5.29. The summed E-state index contributed by atoms with van der Waals surface area (Å²) < 4.78 is 13.4. The molecule has 14 heavy (non-hydrogen) atoms. The number of benzene rings is 1. The Morgan fingerprint density at radius 3 is 3.00 bits per heavy atom. The number of hydrogen-bond donors (Lipinski definition) is 1. The van der Waals surface area contributed by atoms with Crippen molar-refractivity contribution in [2.24, 2.45) is 0 Å². The highest BCUT2D eigenvalue weighted by Crippen LogP contribution is 2.16. The first kappa shape index (κ1) is 10.6. The van der Waals surface area contributed by atoms with Gasteiger partial charge in [-0.1, -0.05) is 12.1 Å². The number of hydrogen-bond acceptors (Lipinski definition) is 1. The lowest BCUT2D eigenvalue weighted by Crippen LogP contribution is -2.03. The monoisotopic (exact) mass is 191 g/mol. The van der Waals surface area contributed by atoms with E-state index in [1.807, 2.05) is 6.07 Å². The Kier molecular flexibility index (Phi) is 4.00. The SMILES string of the molecule is C#CCCCNc1cccc(C)c1F. The fourth-order valence-corrected chi connectivity index (χ4v) is 1.20. The number of anilines is 1. The third-order valence-electron chi connectivity index (χ3n) is 2.01. The van der Waals surface area contributed by atoms with E-state index in [4.69, 9.17) is 6.42 Å². The molecule has 0 atom stereocenters. The Hall–Kier alpha value is -1.49. The molecule has 0 saturated heterocycles. The molecule has 0 aliphatic heterocycles. The molecule has 1 N–H and O–H groups in total. The quantitative estimate of drug-likeness (QED) is 0.570. The largest absolute Gasteiger partial charge is 0.383 e. The van der Waals surface area contributed by atoms with Gasteiger partial charge in [-0.3, -0.25) is 0 Å². The maximum Gasteiger partial charge on any atom is 0.149 e. The van der Waals surface area contributed by atoms with Gasteiger partial charge < -0.3 is 5.32 Å². The highest BCUT2D eigenvalue weighted by Gasteiger charge is 2.02. The van der Waals surface area contributed by atoms with Crippen molar-refractivity contribution in [3.8, 4) is 12.3 Å². The molecular weight excluding hydrogens is 177 g/mol. The smallest absolute Gasteiger partial charge is 0.149 e. The molecule has 1 aromatic rings. The summed E-state index contributed by atoms with van der Waals surface area (Å²) in [5.74, 6) is 2.37. The zero-order chi connectivity index (χ0) is 10.4. The second-order valence-corrected chi connectivity index (χ2v) is 3.17. The van der Waals surface area contributed by atoms with Crippen molar-refractivity contribution < 1.29 is 4.39 Å². The van der Waals surface area contributed by atoms with Crippen LogP contribution in [0.2, 0.25) is 0 Å². The average molecular weight is 191 g/mol. The summed E-state index contributed by atoms with van der Waals surface area (Å²) in [6.07, 6.45) is 6.70. The Balaban J connectivity index is 2.51. The molecule has 0 bridgehead atoms. The van der Waals surface area contributed by atoms with Gasteiger partial charge in [0.1, 0.15) is 5.82 Å². The lowest BCUT2D eigenvalue weighted by molar-refractivity contribution is 0.620. The summed E-state index contributed by atoms with van der Waals surface area (Å²) in [4.78, 5) is 0. The van der Waals surface area contributed by atoms with E-state index in [2.05, 4.69) is 11.2 Å². The fourth-order valence-electron chi connectivity index (χ4n) is 1.20. The molecule has 0 aliphatic rings. The minimum Gasteiger partial charge on any atom is -0.383 e. The molecule has 1 nitrogen and oxygen atoms in total. The molecule has 0 fully saturated rings. The summed E-state index contributed by atoms with van der Waals surface area (Å²) in [6.45, 7) is 2.46. The number of halogens is 1. The van der Waals surface area contributed by atoms with Crippen molar-refractivity contribution in [1.82, 2.24) is 0 Å². The van der Waals surface area contributed by atoms with E-state index >= 15 is 0 Å². The van der Waals surface area contributed by atoms with Crippen molar-refractivity contribution in [2.45, 2.75) is 19.8 Å². The molecule has 0 spiro atoms. The molecule has 0 heterocycles. The van der Waals surface area contributed by atoms with Crippen LogP contribution in [0.5, 0.6) is 0 Å². The van der Waals surface area contributed by atoms with Gasteiger partial charge in [0.25, 0.3) is 0 Å². The van der Waals surface area contributed by atoms with Crippen molar-refractivity contribution >= 4 is 5.69 Å². The minimum atomic E-state index is -0.173. The van der Waals surface area contributed by atoms with E-state index in [0.717, 1.165) is 12.8 Å². The summed E-state index contributed by atoms with van der Waals surface area (Å²) >= 11 is 0. The van der Waals surface area contributed by atoms with Gasteiger partial charge in [0.05, 0.1) is 5.69 Å². The van der Waals surface area contributed by atoms with E-state index in [-0.39, 0.29) is 5.82 Å². The Morgan fingerprint density at radius 1 is 1.50 bits per heavy atom. The van der Waals surface area contributed by atoms with Crippen molar-refractivity contribution in [1.29, 1.82) is 0 Å². The Morgan fingerprint density at radius 2 is 2.29 bits per heavy atom. The van der Waals surface area contributed by atoms with Crippen LogP contribution in [-0.4, -0.2) is 6.54 Å². The topological polar surface area (TPSA) is 12.0 Å². The molecule has 0 radical (unpaired) electrons.